The van der Waals surface area contributed by atoms with Gasteiger partial charge in [-0.3, -0.25) is 9.59 Å². The molecule has 1 aromatic rings. The third-order valence-electron chi connectivity index (χ3n) is 2.97. The van der Waals surface area contributed by atoms with Crippen molar-refractivity contribution < 1.29 is 19.1 Å². The highest BCUT2D eigenvalue weighted by atomic mass is 16.6. The molecule has 1 rings (SSSR count). The number of amides is 3. The maximum atomic E-state index is 11.9. The predicted molar refractivity (Wildman–Crippen MR) is 91.4 cm³/mol. The summed E-state index contributed by atoms with van der Waals surface area (Å²) < 4.78 is 5.26. The molecule has 0 aliphatic rings. The first-order valence-corrected chi connectivity index (χ1v) is 7.65. The first-order valence-electron chi connectivity index (χ1n) is 7.65. The van der Waals surface area contributed by atoms with Gasteiger partial charge in [0.05, 0.1) is 6.54 Å². The fourth-order valence-electron chi connectivity index (χ4n) is 2.06. The van der Waals surface area contributed by atoms with E-state index < -0.39 is 0 Å². The molecule has 0 radical (unpaired) electrons. The molecule has 0 saturated carbocycles. The summed E-state index contributed by atoms with van der Waals surface area (Å²) in [5.41, 5.74) is 1.43. The molecule has 24 heavy (non-hydrogen) atoms. The summed E-state index contributed by atoms with van der Waals surface area (Å²) in [6, 6.07) is 6.95. The number of hydrogen-bond acceptors (Lipinski definition) is 4. The third-order valence-corrected chi connectivity index (χ3v) is 2.97. The van der Waals surface area contributed by atoms with Crippen LogP contribution in [0.15, 0.2) is 24.3 Å². The largest absolute Gasteiger partial charge is 0.445 e. The first kappa shape index (κ1) is 19.5. The molecule has 1 aromatic carbocycles. The van der Waals surface area contributed by atoms with Crippen molar-refractivity contribution in [3.05, 3.63) is 29.8 Å². The van der Waals surface area contributed by atoms with E-state index in [0.717, 1.165) is 5.56 Å². The molecule has 0 fully saturated rings. The fraction of sp³-hybridized carbons (Fsp3) is 0.471. The minimum Gasteiger partial charge on any atom is -0.445 e. The highest BCUT2D eigenvalue weighted by molar-refractivity contribution is 5.93. The van der Waals surface area contributed by atoms with Crippen molar-refractivity contribution >= 4 is 24.1 Å². The average Bonchev–Trinajstić information content (AvgIpc) is 2.50. The Kier molecular flexibility index (Phi) is 7.23. The lowest BCUT2D eigenvalue weighted by Crippen LogP contribution is -2.34. The summed E-state index contributed by atoms with van der Waals surface area (Å²) in [4.78, 5) is 35.0. The van der Waals surface area contributed by atoms with Gasteiger partial charge in [-0.25, -0.2) is 4.79 Å². The minimum atomic E-state index is -0.373. The smallest absolute Gasteiger partial charge is 0.409 e. The van der Waals surface area contributed by atoms with Gasteiger partial charge < -0.3 is 20.3 Å². The number of nitrogens with zero attached hydrogens (tertiary/aromatic N) is 1. The highest BCUT2D eigenvalue weighted by Gasteiger charge is 2.18. The molecule has 3 amide bonds. The van der Waals surface area contributed by atoms with Crippen LogP contribution in [0.1, 0.15) is 26.3 Å². The summed E-state index contributed by atoms with van der Waals surface area (Å²) in [6.45, 7) is 6.83. The normalized spacial score (nSPS) is 10.7. The van der Waals surface area contributed by atoms with Crippen molar-refractivity contribution in [2.45, 2.75) is 27.4 Å². The molecule has 0 atom stereocenters. The maximum Gasteiger partial charge on any atom is 0.409 e. The Labute approximate surface area is 142 Å². The molecule has 7 heteroatoms. The van der Waals surface area contributed by atoms with E-state index in [1.54, 1.807) is 36.2 Å². The van der Waals surface area contributed by atoms with Crippen LogP contribution < -0.4 is 10.6 Å². The average molecular weight is 335 g/mol. The van der Waals surface area contributed by atoms with Crippen LogP contribution in [0.5, 0.6) is 0 Å². The molecule has 0 aliphatic heterocycles. The van der Waals surface area contributed by atoms with E-state index in [4.69, 9.17) is 4.74 Å². The molecule has 0 aromatic heterocycles. The molecule has 0 spiro atoms. The Balaban J connectivity index is 2.45. The standard InChI is InChI=1S/C17H25N3O4/c1-17(2,3)11-20(4)16(23)24-10-13-5-7-14(8-6-13)19-15(22)9-18-12-21/h5-8,12H,9-11H2,1-4H3,(H,18,21)(H,19,22). The number of carbonyl (C=O) groups is 3. The maximum absolute atomic E-state index is 11.9. The van der Waals surface area contributed by atoms with Crippen LogP contribution in [0.3, 0.4) is 0 Å². The lowest BCUT2D eigenvalue weighted by molar-refractivity contribution is -0.118. The first-order chi connectivity index (χ1) is 11.2. The molecular formula is C17H25N3O4. The quantitative estimate of drug-likeness (QED) is 0.746. The number of rotatable bonds is 7. The van der Waals surface area contributed by atoms with Gasteiger partial charge in [-0.1, -0.05) is 32.9 Å². The summed E-state index contributed by atoms with van der Waals surface area (Å²) in [5, 5.41) is 4.92. The molecular weight excluding hydrogens is 310 g/mol. The van der Waals surface area contributed by atoms with Crippen LogP contribution in [0.4, 0.5) is 10.5 Å². The number of nitrogens with one attached hydrogen (secondary N) is 2. The summed E-state index contributed by atoms with van der Waals surface area (Å²) in [5.74, 6) is -0.315. The zero-order valence-electron chi connectivity index (χ0n) is 14.6. The fourth-order valence-corrected chi connectivity index (χ4v) is 2.06. The van der Waals surface area contributed by atoms with Crippen molar-refractivity contribution in [1.29, 1.82) is 0 Å². The van der Waals surface area contributed by atoms with Gasteiger partial charge in [0.2, 0.25) is 12.3 Å². The molecule has 0 unspecified atom stereocenters. The lowest BCUT2D eigenvalue weighted by atomic mass is 9.96. The topological polar surface area (TPSA) is 87.7 Å². The van der Waals surface area contributed by atoms with Crippen molar-refractivity contribution in [2.24, 2.45) is 5.41 Å². The number of benzene rings is 1. The van der Waals surface area contributed by atoms with Crippen LogP contribution >= 0.6 is 0 Å². The Hall–Kier alpha value is -2.57. The van der Waals surface area contributed by atoms with Gasteiger partial charge in [-0.2, -0.15) is 0 Å². The van der Waals surface area contributed by atoms with E-state index in [0.29, 0.717) is 18.6 Å². The minimum absolute atomic E-state index is 0.00628. The second-order valence-electron chi connectivity index (χ2n) is 6.72. The Bertz CT molecular complexity index is 564. The van der Waals surface area contributed by atoms with E-state index >= 15 is 0 Å². The summed E-state index contributed by atoms with van der Waals surface area (Å²) in [6.07, 6.45) is 0.0931. The third kappa shape index (κ3) is 7.62. The van der Waals surface area contributed by atoms with E-state index in [9.17, 15) is 14.4 Å². The lowest BCUT2D eigenvalue weighted by Gasteiger charge is -2.25. The van der Waals surface area contributed by atoms with Gasteiger partial charge in [0, 0.05) is 19.3 Å². The van der Waals surface area contributed by atoms with E-state index in [1.807, 2.05) is 0 Å². The van der Waals surface area contributed by atoms with Crippen LogP contribution in [0.25, 0.3) is 0 Å². The zero-order valence-corrected chi connectivity index (χ0v) is 14.6. The number of carbonyl (C=O) groups excluding carboxylic acids is 3. The molecule has 0 saturated heterocycles. The van der Waals surface area contributed by atoms with E-state index in [2.05, 4.69) is 31.4 Å². The molecule has 132 valence electrons. The number of hydrogen-bond donors (Lipinski definition) is 2. The van der Waals surface area contributed by atoms with E-state index in [-0.39, 0.29) is 30.6 Å². The van der Waals surface area contributed by atoms with Gasteiger partial charge >= 0.3 is 6.09 Å². The SMILES string of the molecule is CN(CC(C)(C)C)C(=O)OCc1ccc(NC(=O)CNC=O)cc1. The predicted octanol–water partition coefficient (Wildman–Crippen LogP) is 1.99. The van der Waals surface area contributed by atoms with Crippen LogP contribution in [-0.4, -0.2) is 43.4 Å². The van der Waals surface area contributed by atoms with Crippen molar-refractivity contribution in [1.82, 2.24) is 10.2 Å². The molecule has 0 bridgehead atoms. The highest BCUT2D eigenvalue weighted by Crippen LogP contribution is 2.15. The Morgan fingerprint density at radius 2 is 1.83 bits per heavy atom. The van der Waals surface area contributed by atoms with Gasteiger partial charge in [0.15, 0.2) is 0 Å². The Morgan fingerprint density at radius 1 is 1.21 bits per heavy atom. The molecule has 7 nitrogen and oxygen atoms in total. The van der Waals surface area contributed by atoms with E-state index in [1.165, 1.54) is 0 Å². The second kappa shape index (κ2) is 8.90. The number of ether oxygens (including phenoxy) is 1. The van der Waals surface area contributed by atoms with Gasteiger partial charge in [0.1, 0.15) is 6.61 Å². The second-order valence-corrected chi connectivity index (χ2v) is 6.72. The summed E-state index contributed by atoms with van der Waals surface area (Å²) >= 11 is 0. The van der Waals surface area contributed by atoms with Crippen LogP contribution in [0.2, 0.25) is 0 Å². The van der Waals surface area contributed by atoms with Crippen molar-refractivity contribution in [3.63, 3.8) is 0 Å². The molecule has 0 heterocycles. The van der Waals surface area contributed by atoms with Crippen LogP contribution in [-0.2, 0) is 20.9 Å². The summed E-state index contributed by atoms with van der Waals surface area (Å²) in [7, 11) is 1.71. The molecule has 2 N–H and O–H groups in total. The van der Waals surface area contributed by atoms with Crippen molar-refractivity contribution in [2.75, 3.05) is 25.5 Å². The monoisotopic (exact) mass is 335 g/mol. The van der Waals surface area contributed by atoms with Crippen molar-refractivity contribution in [3.8, 4) is 0 Å². The molecule has 0 aliphatic carbocycles. The Morgan fingerprint density at radius 3 is 2.38 bits per heavy atom. The van der Waals surface area contributed by atoms with Crippen LogP contribution in [0, 0.1) is 5.41 Å². The zero-order chi connectivity index (χ0) is 18.2. The number of anilines is 1. The van der Waals surface area contributed by atoms with Gasteiger partial charge in [-0.05, 0) is 23.1 Å². The van der Waals surface area contributed by atoms with Gasteiger partial charge in [0.25, 0.3) is 0 Å². The van der Waals surface area contributed by atoms with Gasteiger partial charge in [-0.15, -0.1) is 0 Å².